The molecule has 2 aliphatic rings. The second-order valence-corrected chi connectivity index (χ2v) is 5.95. The Kier molecular flexibility index (Phi) is 2.88. The van der Waals surface area contributed by atoms with Crippen molar-refractivity contribution < 1.29 is 0 Å². The highest BCUT2D eigenvalue weighted by Gasteiger charge is 2.52. The smallest absolute Gasteiger partial charge is 0.00106 e. The Morgan fingerprint density at radius 3 is 2.43 bits per heavy atom. The largest absolute Gasteiger partial charge is 0.314 e. The monoisotopic (exact) mass is 195 g/mol. The highest BCUT2D eigenvalue weighted by molar-refractivity contribution is 5.03. The van der Waals surface area contributed by atoms with Crippen LogP contribution in [0.1, 0.15) is 52.9 Å². The van der Waals surface area contributed by atoms with Gasteiger partial charge in [0.2, 0.25) is 0 Å². The first-order chi connectivity index (χ1) is 6.65. The van der Waals surface area contributed by atoms with E-state index in [1.54, 1.807) is 6.42 Å². The predicted octanol–water partition coefficient (Wildman–Crippen LogP) is 3.20. The third-order valence-corrected chi connectivity index (χ3v) is 4.13. The lowest BCUT2D eigenvalue weighted by molar-refractivity contribution is 0.222. The molecule has 14 heavy (non-hydrogen) atoms. The van der Waals surface area contributed by atoms with Gasteiger partial charge in [-0.2, -0.15) is 0 Å². The van der Waals surface area contributed by atoms with Gasteiger partial charge in [-0.3, -0.25) is 0 Å². The molecule has 0 aromatic heterocycles. The van der Waals surface area contributed by atoms with Gasteiger partial charge in [0, 0.05) is 12.6 Å². The van der Waals surface area contributed by atoms with Gasteiger partial charge in [-0.1, -0.05) is 27.2 Å². The summed E-state index contributed by atoms with van der Waals surface area (Å²) in [5.41, 5.74) is 0.687. The molecule has 0 radical (unpaired) electrons. The molecular weight excluding hydrogens is 170 g/mol. The van der Waals surface area contributed by atoms with Crippen LogP contribution < -0.4 is 5.32 Å². The Morgan fingerprint density at radius 2 is 1.93 bits per heavy atom. The average molecular weight is 195 g/mol. The summed E-state index contributed by atoms with van der Waals surface area (Å²) in [4.78, 5) is 0. The van der Waals surface area contributed by atoms with Crippen molar-refractivity contribution >= 4 is 0 Å². The number of hydrogen-bond donors (Lipinski definition) is 1. The SMILES string of the molecule is CCCC1(CNC(C)C)CC2CC2C1. The topological polar surface area (TPSA) is 12.0 Å². The van der Waals surface area contributed by atoms with E-state index in [1.165, 1.54) is 32.2 Å². The third kappa shape index (κ3) is 2.13. The van der Waals surface area contributed by atoms with Crippen LogP contribution in [-0.4, -0.2) is 12.6 Å². The molecular formula is C13H25N. The highest BCUT2D eigenvalue weighted by Crippen LogP contribution is 2.61. The minimum atomic E-state index is 0.653. The van der Waals surface area contributed by atoms with Gasteiger partial charge in [0.05, 0.1) is 0 Å². The first-order valence-electron chi connectivity index (χ1n) is 6.38. The van der Waals surface area contributed by atoms with Crippen molar-refractivity contribution in [3.05, 3.63) is 0 Å². The summed E-state index contributed by atoms with van der Waals surface area (Å²) < 4.78 is 0. The highest BCUT2D eigenvalue weighted by atomic mass is 14.9. The zero-order valence-electron chi connectivity index (χ0n) is 9.97. The van der Waals surface area contributed by atoms with Gasteiger partial charge < -0.3 is 5.32 Å². The van der Waals surface area contributed by atoms with E-state index in [9.17, 15) is 0 Å². The van der Waals surface area contributed by atoms with Crippen molar-refractivity contribution in [3.63, 3.8) is 0 Å². The lowest BCUT2D eigenvalue weighted by atomic mass is 9.78. The maximum Gasteiger partial charge on any atom is 0.00106 e. The van der Waals surface area contributed by atoms with Gasteiger partial charge in [-0.25, -0.2) is 0 Å². The van der Waals surface area contributed by atoms with Gasteiger partial charge in [-0.15, -0.1) is 0 Å². The van der Waals surface area contributed by atoms with E-state index in [2.05, 4.69) is 26.1 Å². The van der Waals surface area contributed by atoms with Crippen LogP contribution in [0.4, 0.5) is 0 Å². The molecule has 82 valence electrons. The Hall–Kier alpha value is -0.0400. The molecule has 0 bridgehead atoms. The van der Waals surface area contributed by atoms with Gasteiger partial charge in [-0.05, 0) is 42.9 Å². The van der Waals surface area contributed by atoms with Crippen LogP contribution in [0.15, 0.2) is 0 Å². The quantitative estimate of drug-likeness (QED) is 0.710. The molecule has 1 nitrogen and oxygen atoms in total. The van der Waals surface area contributed by atoms with Crippen LogP contribution in [0.3, 0.4) is 0 Å². The maximum atomic E-state index is 3.65. The molecule has 2 saturated carbocycles. The van der Waals surface area contributed by atoms with Crippen molar-refractivity contribution in [3.8, 4) is 0 Å². The Bertz CT molecular complexity index is 187. The minimum Gasteiger partial charge on any atom is -0.314 e. The van der Waals surface area contributed by atoms with Crippen LogP contribution in [0.2, 0.25) is 0 Å². The molecule has 0 spiro atoms. The maximum absolute atomic E-state index is 3.65. The standard InChI is InChI=1S/C13H25N/c1-4-5-13(9-14-10(2)3)7-11-6-12(11)8-13/h10-12,14H,4-9H2,1-3H3. The Balaban J connectivity index is 1.86. The van der Waals surface area contributed by atoms with Gasteiger partial charge in [0.15, 0.2) is 0 Å². The van der Waals surface area contributed by atoms with Crippen LogP contribution in [0.5, 0.6) is 0 Å². The number of rotatable bonds is 5. The number of nitrogens with one attached hydrogen (secondary N) is 1. The van der Waals surface area contributed by atoms with Crippen LogP contribution in [0.25, 0.3) is 0 Å². The molecule has 0 aliphatic heterocycles. The summed E-state index contributed by atoms with van der Waals surface area (Å²) in [5.74, 6) is 2.24. The number of fused-ring (bicyclic) bond motifs is 1. The molecule has 0 aromatic rings. The van der Waals surface area contributed by atoms with E-state index < -0.39 is 0 Å². The van der Waals surface area contributed by atoms with E-state index in [-0.39, 0.29) is 0 Å². The van der Waals surface area contributed by atoms with Crippen LogP contribution in [0, 0.1) is 17.3 Å². The third-order valence-electron chi connectivity index (χ3n) is 4.13. The van der Waals surface area contributed by atoms with Crippen LogP contribution >= 0.6 is 0 Å². The fraction of sp³-hybridized carbons (Fsp3) is 1.00. The molecule has 0 amide bonds. The van der Waals surface area contributed by atoms with Crippen LogP contribution in [-0.2, 0) is 0 Å². The summed E-state index contributed by atoms with van der Waals surface area (Å²) in [6.07, 6.45) is 7.39. The molecule has 2 atom stereocenters. The summed E-state index contributed by atoms with van der Waals surface area (Å²) in [7, 11) is 0. The summed E-state index contributed by atoms with van der Waals surface area (Å²) in [6, 6.07) is 0.653. The molecule has 0 heterocycles. The van der Waals surface area contributed by atoms with Crippen molar-refractivity contribution in [1.29, 1.82) is 0 Å². The zero-order chi connectivity index (χ0) is 10.2. The summed E-state index contributed by atoms with van der Waals surface area (Å²) in [6.45, 7) is 8.12. The first-order valence-corrected chi connectivity index (χ1v) is 6.38. The molecule has 0 aromatic carbocycles. The fourth-order valence-electron chi connectivity index (χ4n) is 3.39. The second kappa shape index (κ2) is 3.84. The fourth-order valence-corrected chi connectivity index (χ4v) is 3.39. The predicted molar refractivity (Wildman–Crippen MR) is 61.3 cm³/mol. The molecule has 0 saturated heterocycles. The minimum absolute atomic E-state index is 0.653. The lowest BCUT2D eigenvalue weighted by Gasteiger charge is -2.32. The van der Waals surface area contributed by atoms with Crippen molar-refractivity contribution in [1.82, 2.24) is 5.32 Å². The normalized spacial score (nSPS) is 40.3. The van der Waals surface area contributed by atoms with Crippen molar-refractivity contribution in [2.24, 2.45) is 17.3 Å². The van der Waals surface area contributed by atoms with E-state index in [1.807, 2.05) is 0 Å². The molecule has 1 N–H and O–H groups in total. The molecule has 2 unspecified atom stereocenters. The van der Waals surface area contributed by atoms with Crippen molar-refractivity contribution in [2.75, 3.05) is 6.54 Å². The van der Waals surface area contributed by atoms with Crippen molar-refractivity contribution in [2.45, 2.75) is 58.9 Å². The van der Waals surface area contributed by atoms with E-state index in [0.717, 1.165) is 11.8 Å². The summed E-state index contributed by atoms with van der Waals surface area (Å²) >= 11 is 0. The van der Waals surface area contributed by atoms with E-state index in [0.29, 0.717) is 11.5 Å². The zero-order valence-corrected chi connectivity index (χ0v) is 9.97. The molecule has 2 aliphatic carbocycles. The number of hydrogen-bond acceptors (Lipinski definition) is 1. The Morgan fingerprint density at radius 1 is 1.29 bits per heavy atom. The van der Waals surface area contributed by atoms with E-state index in [4.69, 9.17) is 0 Å². The summed E-state index contributed by atoms with van der Waals surface area (Å²) in [5, 5.41) is 3.65. The van der Waals surface area contributed by atoms with Gasteiger partial charge in [0.1, 0.15) is 0 Å². The second-order valence-electron chi connectivity index (χ2n) is 5.95. The van der Waals surface area contributed by atoms with E-state index >= 15 is 0 Å². The lowest BCUT2D eigenvalue weighted by Crippen LogP contribution is -2.36. The molecule has 2 fully saturated rings. The molecule has 1 heteroatoms. The van der Waals surface area contributed by atoms with Gasteiger partial charge in [0.25, 0.3) is 0 Å². The first kappa shape index (κ1) is 10.5. The average Bonchev–Trinajstić information content (AvgIpc) is 2.73. The Labute approximate surface area is 88.7 Å². The van der Waals surface area contributed by atoms with Gasteiger partial charge >= 0.3 is 0 Å². The molecule has 2 rings (SSSR count).